The highest BCUT2D eigenvalue weighted by Gasteiger charge is 2.31. The second-order valence-corrected chi connectivity index (χ2v) is 5.26. The minimum atomic E-state index is -4.42. The predicted octanol–water partition coefficient (Wildman–Crippen LogP) is 3.65. The maximum Gasteiger partial charge on any atom is 0.417 e. The lowest BCUT2D eigenvalue weighted by molar-refractivity contribution is -0.137. The number of halogens is 4. The van der Waals surface area contributed by atoms with E-state index in [0.29, 0.717) is 18.4 Å². The summed E-state index contributed by atoms with van der Waals surface area (Å²) < 4.78 is 37.5. The third kappa shape index (κ3) is 3.55. The van der Waals surface area contributed by atoms with E-state index in [0.717, 1.165) is 38.2 Å². The highest BCUT2D eigenvalue weighted by atomic mass is 35.5. The highest BCUT2D eigenvalue weighted by molar-refractivity contribution is 6.32. The zero-order valence-electron chi connectivity index (χ0n) is 11.2. The monoisotopic (exact) mass is 307 g/mol. The quantitative estimate of drug-likeness (QED) is 0.920. The summed E-state index contributed by atoms with van der Waals surface area (Å²) in [6.45, 7) is 4.78. The van der Waals surface area contributed by atoms with Gasteiger partial charge >= 0.3 is 6.18 Å². The van der Waals surface area contributed by atoms with E-state index in [4.69, 9.17) is 11.6 Å². The molecule has 0 aromatic carbocycles. The van der Waals surface area contributed by atoms with Gasteiger partial charge in [-0.2, -0.15) is 13.2 Å². The van der Waals surface area contributed by atoms with Gasteiger partial charge in [-0.1, -0.05) is 18.5 Å². The number of alkyl halides is 3. The first-order valence-corrected chi connectivity index (χ1v) is 7.00. The first kappa shape index (κ1) is 15.4. The summed E-state index contributed by atoms with van der Waals surface area (Å²) in [5, 5.41) is 3.05. The Hall–Kier alpha value is -1.01. The lowest BCUT2D eigenvalue weighted by atomic mass is 10.2. The molecule has 20 heavy (non-hydrogen) atoms. The second kappa shape index (κ2) is 6.18. The van der Waals surface area contributed by atoms with Crippen LogP contribution in [-0.4, -0.2) is 35.6 Å². The van der Waals surface area contributed by atoms with E-state index in [1.165, 1.54) is 0 Å². The molecule has 1 N–H and O–H groups in total. The molecule has 3 nitrogen and oxygen atoms in total. The summed E-state index contributed by atoms with van der Waals surface area (Å²) in [6.07, 6.45) is -1.38. The van der Waals surface area contributed by atoms with E-state index in [-0.39, 0.29) is 5.02 Å². The number of hydrogen-bond donors (Lipinski definition) is 1. The summed E-state index contributed by atoms with van der Waals surface area (Å²) in [6, 6.07) is 1.29. The van der Waals surface area contributed by atoms with Gasteiger partial charge in [0.25, 0.3) is 0 Å². The molecular weight excluding hydrogens is 291 g/mol. The van der Waals surface area contributed by atoms with Crippen molar-refractivity contribution in [2.24, 2.45) is 0 Å². The molecule has 0 saturated carbocycles. The molecule has 1 aliphatic heterocycles. The highest BCUT2D eigenvalue weighted by Crippen LogP contribution is 2.32. The van der Waals surface area contributed by atoms with Gasteiger partial charge in [-0.05, 0) is 32.0 Å². The smallest absolute Gasteiger partial charge is 0.367 e. The summed E-state index contributed by atoms with van der Waals surface area (Å²) in [5.74, 6) is 0.308. The average molecular weight is 308 g/mol. The number of nitrogens with one attached hydrogen (secondary N) is 1. The number of hydrogen-bond acceptors (Lipinski definition) is 3. The Bertz CT molecular complexity index is 465. The molecule has 2 heterocycles. The maximum atomic E-state index is 12.5. The molecule has 0 amide bonds. The Morgan fingerprint density at radius 3 is 2.85 bits per heavy atom. The molecule has 2 rings (SSSR count). The van der Waals surface area contributed by atoms with Crippen molar-refractivity contribution in [3.63, 3.8) is 0 Å². The Morgan fingerprint density at radius 2 is 2.25 bits per heavy atom. The van der Waals surface area contributed by atoms with Crippen LogP contribution in [-0.2, 0) is 6.18 Å². The van der Waals surface area contributed by atoms with Crippen molar-refractivity contribution in [1.29, 1.82) is 0 Å². The number of anilines is 1. The van der Waals surface area contributed by atoms with Gasteiger partial charge in [0.1, 0.15) is 5.82 Å². The predicted molar refractivity (Wildman–Crippen MR) is 73.0 cm³/mol. The third-order valence-corrected chi connectivity index (χ3v) is 3.87. The number of likely N-dealkylation sites (N-methyl/N-ethyl adjacent to an activating group) is 1. The molecule has 1 saturated heterocycles. The van der Waals surface area contributed by atoms with Gasteiger partial charge in [0.2, 0.25) is 0 Å². The molecule has 1 unspecified atom stereocenters. The van der Waals surface area contributed by atoms with Crippen LogP contribution >= 0.6 is 11.6 Å². The molecule has 1 aromatic rings. The van der Waals surface area contributed by atoms with Crippen LogP contribution in [0.3, 0.4) is 0 Å². The van der Waals surface area contributed by atoms with Crippen LogP contribution in [0.2, 0.25) is 5.02 Å². The molecule has 1 aromatic heterocycles. The van der Waals surface area contributed by atoms with Crippen molar-refractivity contribution in [2.75, 3.05) is 25.0 Å². The topological polar surface area (TPSA) is 28.2 Å². The number of likely N-dealkylation sites (tertiary alicyclic amines) is 1. The Morgan fingerprint density at radius 1 is 1.50 bits per heavy atom. The average Bonchev–Trinajstić information content (AvgIpc) is 2.83. The molecule has 1 atom stereocenters. The SMILES string of the molecule is CCN1CCCC1CNc1ncc(C(F)(F)F)cc1Cl. The van der Waals surface area contributed by atoms with E-state index in [9.17, 15) is 13.2 Å². The van der Waals surface area contributed by atoms with Gasteiger partial charge in [0.15, 0.2) is 0 Å². The summed E-state index contributed by atoms with van der Waals surface area (Å²) in [7, 11) is 0. The van der Waals surface area contributed by atoms with Crippen LogP contribution in [0.15, 0.2) is 12.3 Å². The van der Waals surface area contributed by atoms with Crippen LogP contribution in [0, 0.1) is 0 Å². The molecule has 0 radical (unpaired) electrons. The van der Waals surface area contributed by atoms with Crippen molar-refractivity contribution >= 4 is 17.4 Å². The number of aromatic nitrogens is 1. The van der Waals surface area contributed by atoms with Crippen LogP contribution in [0.5, 0.6) is 0 Å². The van der Waals surface area contributed by atoms with Gasteiger partial charge in [0.05, 0.1) is 10.6 Å². The van der Waals surface area contributed by atoms with Crippen LogP contribution in [0.4, 0.5) is 19.0 Å². The minimum Gasteiger partial charge on any atom is -0.367 e. The van der Waals surface area contributed by atoms with Crippen molar-refractivity contribution in [2.45, 2.75) is 32.0 Å². The fraction of sp³-hybridized carbons (Fsp3) is 0.615. The fourth-order valence-corrected chi connectivity index (χ4v) is 2.71. The maximum absolute atomic E-state index is 12.5. The van der Waals surface area contributed by atoms with E-state index in [2.05, 4.69) is 22.1 Å². The summed E-state index contributed by atoms with van der Waals surface area (Å²) in [4.78, 5) is 6.11. The normalized spacial score (nSPS) is 20.4. The molecule has 7 heteroatoms. The minimum absolute atomic E-state index is 0.000806. The molecule has 0 bridgehead atoms. The van der Waals surface area contributed by atoms with E-state index in [1.54, 1.807) is 0 Å². The van der Waals surface area contributed by atoms with Crippen molar-refractivity contribution < 1.29 is 13.2 Å². The van der Waals surface area contributed by atoms with E-state index in [1.807, 2.05) is 0 Å². The molecule has 1 aliphatic rings. The third-order valence-electron chi connectivity index (χ3n) is 3.58. The summed E-state index contributed by atoms with van der Waals surface area (Å²) >= 11 is 5.85. The Labute approximate surface area is 121 Å². The van der Waals surface area contributed by atoms with Gasteiger partial charge in [-0.3, -0.25) is 4.90 Å². The van der Waals surface area contributed by atoms with E-state index >= 15 is 0 Å². The fourth-order valence-electron chi connectivity index (χ4n) is 2.48. The van der Waals surface area contributed by atoms with Crippen molar-refractivity contribution in [3.8, 4) is 0 Å². The largest absolute Gasteiger partial charge is 0.417 e. The lowest BCUT2D eigenvalue weighted by Crippen LogP contribution is -2.34. The van der Waals surface area contributed by atoms with Crippen molar-refractivity contribution in [1.82, 2.24) is 9.88 Å². The van der Waals surface area contributed by atoms with Gasteiger partial charge in [-0.25, -0.2) is 4.98 Å². The Kier molecular flexibility index (Phi) is 4.75. The van der Waals surface area contributed by atoms with Crippen molar-refractivity contribution in [3.05, 3.63) is 22.8 Å². The number of nitrogens with zero attached hydrogens (tertiary/aromatic N) is 2. The Balaban J connectivity index is 2.00. The molecule has 112 valence electrons. The second-order valence-electron chi connectivity index (χ2n) is 4.86. The van der Waals surface area contributed by atoms with Crippen LogP contribution < -0.4 is 5.32 Å². The van der Waals surface area contributed by atoms with Crippen LogP contribution in [0.1, 0.15) is 25.3 Å². The summed E-state index contributed by atoms with van der Waals surface area (Å²) in [5.41, 5.74) is -0.830. The van der Waals surface area contributed by atoms with Gasteiger partial charge in [-0.15, -0.1) is 0 Å². The first-order valence-electron chi connectivity index (χ1n) is 6.62. The van der Waals surface area contributed by atoms with E-state index < -0.39 is 11.7 Å². The zero-order chi connectivity index (χ0) is 14.8. The van der Waals surface area contributed by atoms with Gasteiger partial charge < -0.3 is 5.32 Å². The standard InChI is InChI=1S/C13H17ClF3N3/c1-2-20-5-3-4-10(20)8-19-12-11(14)6-9(7-18-12)13(15,16)17/h6-7,10H,2-5,8H2,1H3,(H,18,19). The molecular formula is C13H17ClF3N3. The number of rotatable bonds is 4. The molecule has 0 spiro atoms. The zero-order valence-corrected chi connectivity index (χ0v) is 11.9. The lowest BCUT2D eigenvalue weighted by Gasteiger charge is -2.23. The molecule has 0 aliphatic carbocycles. The number of pyridine rings is 1. The molecule has 1 fully saturated rings. The van der Waals surface area contributed by atoms with Crippen LogP contribution in [0.25, 0.3) is 0 Å². The van der Waals surface area contributed by atoms with Gasteiger partial charge in [0, 0.05) is 18.8 Å². The first-order chi connectivity index (χ1) is 9.41.